The Morgan fingerprint density at radius 3 is 2.95 bits per heavy atom. The van der Waals surface area contributed by atoms with Gasteiger partial charge in [-0.15, -0.1) is 11.3 Å². The molecule has 0 spiro atoms. The number of amides is 1. The van der Waals surface area contributed by atoms with Gasteiger partial charge in [-0.25, -0.2) is 8.42 Å². The molecule has 122 valence electrons. The lowest BCUT2D eigenvalue weighted by Gasteiger charge is -2.36. The normalized spacial score (nSPS) is 26.4. The van der Waals surface area contributed by atoms with Gasteiger partial charge in [0, 0.05) is 26.7 Å². The van der Waals surface area contributed by atoms with E-state index in [1.807, 2.05) is 0 Å². The number of hydrogen-bond acceptors (Lipinski definition) is 6. The molecule has 2 fully saturated rings. The fraction of sp³-hybridized carbons (Fsp3) is 0.615. The van der Waals surface area contributed by atoms with E-state index in [9.17, 15) is 13.2 Å². The first-order valence-electron chi connectivity index (χ1n) is 6.97. The molecule has 2 aliphatic heterocycles. The number of methoxy groups -OCH3 is 1. The van der Waals surface area contributed by atoms with E-state index in [0.29, 0.717) is 17.4 Å². The zero-order valence-corrected chi connectivity index (χ0v) is 13.8. The van der Waals surface area contributed by atoms with Crippen molar-refractivity contribution in [3.8, 4) is 0 Å². The zero-order valence-electron chi connectivity index (χ0n) is 12.2. The quantitative estimate of drug-likeness (QED) is 0.750. The van der Waals surface area contributed by atoms with E-state index in [1.165, 1.54) is 15.6 Å². The average Bonchev–Trinajstić information content (AvgIpc) is 3.16. The van der Waals surface area contributed by atoms with Crippen LogP contribution in [0, 0.1) is 0 Å². The van der Waals surface area contributed by atoms with Gasteiger partial charge in [0.15, 0.2) is 0 Å². The number of thiophene rings is 1. The van der Waals surface area contributed by atoms with Crippen LogP contribution in [0.4, 0.5) is 0 Å². The van der Waals surface area contributed by atoms with Gasteiger partial charge in [-0.1, -0.05) is 6.07 Å². The molecule has 0 N–H and O–H groups in total. The Kier molecular flexibility index (Phi) is 4.51. The van der Waals surface area contributed by atoms with Crippen LogP contribution in [0.15, 0.2) is 21.7 Å². The molecular formula is C13H18N2O5S2. The molecule has 0 aromatic carbocycles. The summed E-state index contributed by atoms with van der Waals surface area (Å²) in [6.07, 6.45) is -0.274. The fourth-order valence-electron chi connectivity index (χ4n) is 2.85. The van der Waals surface area contributed by atoms with Gasteiger partial charge < -0.3 is 14.4 Å². The summed E-state index contributed by atoms with van der Waals surface area (Å²) in [5, 5.41) is 1.74. The fourth-order valence-corrected chi connectivity index (χ4v) is 5.46. The van der Waals surface area contributed by atoms with Gasteiger partial charge in [0.1, 0.15) is 10.8 Å². The molecule has 0 radical (unpaired) electrons. The summed E-state index contributed by atoms with van der Waals surface area (Å²) < 4.78 is 37.5. The van der Waals surface area contributed by atoms with Crippen LogP contribution in [-0.4, -0.2) is 75.6 Å². The molecular weight excluding hydrogens is 328 g/mol. The lowest BCUT2D eigenvalue weighted by Crippen LogP contribution is -2.54. The summed E-state index contributed by atoms with van der Waals surface area (Å²) in [7, 11) is -1.94. The van der Waals surface area contributed by atoms with E-state index in [1.54, 1.807) is 29.5 Å². The smallest absolute Gasteiger partial charge is 0.252 e. The Morgan fingerprint density at radius 2 is 2.27 bits per heavy atom. The number of rotatable bonds is 5. The first kappa shape index (κ1) is 15.9. The highest BCUT2D eigenvalue weighted by molar-refractivity contribution is 7.91. The molecule has 1 amide bonds. The van der Waals surface area contributed by atoms with Gasteiger partial charge in [0.2, 0.25) is 5.91 Å². The maximum absolute atomic E-state index is 12.6. The minimum Gasteiger partial charge on any atom is -0.383 e. The minimum absolute atomic E-state index is 0.00221. The number of hydrogen-bond donors (Lipinski definition) is 0. The third-order valence-corrected chi connectivity index (χ3v) is 7.18. The zero-order chi connectivity index (χ0) is 15.7. The second kappa shape index (κ2) is 6.25. The van der Waals surface area contributed by atoms with E-state index >= 15 is 0 Å². The highest BCUT2D eigenvalue weighted by atomic mass is 32.2. The van der Waals surface area contributed by atoms with Gasteiger partial charge in [-0.05, 0) is 11.4 Å². The Bertz CT molecular complexity index is 631. The van der Waals surface area contributed by atoms with Crippen LogP contribution in [-0.2, 0) is 24.3 Å². The summed E-state index contributed by atoms with van der Waals surface area (Å²) in [5.74, 6) is -0.117. The molecule has 2 atom stereocenters. The first-order valence-corrected chi connectivity index (χ1v) is 9.29. The lowest BCUT2D eigenvalue weighted by atomic mass is 10.1. The van der Waals surface area contributed by atoms with Crippen LogP contribution in [0.3, 0.4) is 0 Å². The maximum atomic E-state index is 12.6. The van der Waals surface area contributed by atoms with Crippen LogP contribution in [0.5, 0.6) is 0 Å². The average molecular weight is 346 g/mol. The predicted octanol–water partition coefficient (Wildman–Crippen LogP) is -0.00520. The maximum Gasteiger partial charge on any atom is 0.252 e. The van der Waals surface area contributed by atoms with Crippen molar-refractivity contribution in [3.63, 3.8) is 0 Å². The number of carbonyl (C=O) groups excluding carboxylic acids is 1. The number of carbonyl (C=O) groups is 1. The first-order chi connectivity index (χ1) is 10.5. The molecule has 0 saturated carbocycles. The van der Waals surface area contributed by atoms with Gasteiger partial charge in [0.25, 0.3) is 10.0 Å². The third-order valence-electron chi connectivity index (χ3n) is 3.97. The number of ether oxygens (including phenoxy) is 2. The molecule has 22 heavy (non-hydrogen) atoms. The standard InChI is InChI=1S/C13H18N2O5S2/c1-19-5-4-15-10-7-14(8-11(10)20-9-12(15)16)22(17,18)13-3-2-6-21-13/h2-3,6,10-11H,4-5,7-9H2,1H3/t10-,11-/m1/s1. The van der Waals surface area contributed by atoms with Gasteiger partial charge in [-0.3, -0.25) is 4.79 Å². The summed E-state index contributed by atoms with van der Waals surface area (Å²) in [5.41, 5.74) is 0. The van der Waals surface area contributed by atoms with Crippen LogP contribution >= 0.6 is 11.3 Å². The largest absolute Gasteiger partial charge is 0.383 e. The summed E-state index contributed by atoms with van der Waals surface area (Å²) in [4.78, 5) is 13.7. The molecule has 0 bridgehead atoms. The van der Waals surface area contributed by atoms with Crippen molar-refractivity contribution in [3.05, 3.63) is 17.5 Å². The lowest BCUT2D eigenvalue weighted by molar-refractivity contribution is -0.153. The summed E-state index contributed by atoms with van der Waals surface area (Å²) in [6.45, 7) is 1.42. The number of fused-ring (bicyclic) bond motifs is 1. The predicted molar refractivity (Wildman–Crippen MR) is 80.2 cm³/mol. The van der Waals surface area contributed by atoms with Crippen molar-refractivity contribution < 1.29 is 22.7 Å². The second-order valence-electron chi connectivity index (χ2n) is 5.25. The van der Waals surface area contributed by atoms with E-state index in [4.69, 9.17) is 9.47 Å². The minimum atomic E-state index is -3.51. The second-order valence-corrected chi connectivity index (χ2v) is 8.36. The third kappa shape index (κ3) is 2.79. The summed E-state index contributed by atoms with van der Waals surface area (Å²) >= 11 is 1.19. The molecule has 0 aliphatic carbocycles. The van der Waals surface area contributed by atoms with Crippen LogP contribution < -0.4 is 0 Å². The monoisotopic (exact) mass is 346 g/mol. The van der Waals surface area contributed by atoms with Crippen molar-refractivity contribution in [2.75, 3.05) is 40.0 Å². The highest BCUT2D eigenvalue weighted by Gasteiger charge is 2.46. The van der Waals surface area contributed by atoms with Crippen LogP contribution in [0.25, 0.3) is 0 Å². The van der Waals surface area contributed by atoms with Gasteiger partial charge in [0.05, 0.1) is 18.8 Å². The molecule has 9 heteroatoms. The van der Waals surface area contributed by atoms with Crippen LogP contribution in [0.2, 0.25) is 0 Å². The Labute approximate surface area is 133 Å². The van der Waals surface area contributed by atoms with E-state index < -0.39 is 10.0 Å². The van der Waals surface area contributed by atoms with Crippen molar-refractivity contribution in [2.45, 2.75) is 16.4 Å². The molecule has 3 heterocycles. The number of morpholine rings is 1. The Hall–Kier alpha value is -1.00. The van der Waals surface area contributed by atoms with E-state index in [-0.39, 0.29) is 37.7 Å². The topological polar surface area (TPSA) is 76.2 Å². The van der Waals surface area contributed by atoms with E-state index in [2.05, 4.69) is 0 Å². The Balaban J connectivity index is 1.79. The van der Waals surface area contributed by atoms with Crippen molar-refractivity contribution in [1.82, 2.24) is 9.21 Å². The van der Waals surface area contributed by atoms with Crippen molar-refractivity contribution >= 4 is 27.3 Å². The summed E-state index contributed by atoms with van der Waals surface area (Å²) in [6, 6.07) is 3.06. The van der Waals surface area contributed by atoms with Crippen molar-refractivity contribution in [2.24, 2.45) is 0 Å². The molecule has 7 nitrogen and oxygen atoms in total. The van der Waals surface area contributed by atoms with Gasteiger partial charge >= 0.3 is 0 Å². The van der Waals surface area contributed by atoms with E-state index in [0.717, 1.165) is 0 Å². The van der Waals surface area contributed by atoms with Crippen molar-refractivity contribution in [1.29, 1.82) is 0 Å². The SMILES string of the molecule is COCCN1C(=O)CO[C@@H]2CN(S(=O)(=O)c3cccs3)C[C@H]21. The molecule has 1 aromatic rings. The van der Waals surface area contributed by atoms with Crippen LogP contribution in [0.1, 0.15) is 0 Å². The molecule has 0 unspecified atom stereocenters. The molecule has 3 rings (SSSR count). The Morgan fingerprint density at radius 1 is 1.45 bits per heavy atom. The number of sulfonamides is 1. The molecule has 2 aliphatic rings. The highest BCUT2D eigenvalue weighted by Crippen LogP contribution is 2.29. The molecule has 2 saturated heterocycles. The molecule has 1 aromatic heterocycles. The van der Waals surface area contributed by atoms with Gasteiger partial charge in [-0.2, -0.15) is 4.31 Å². The number of nitrogens with zero attached hydrogens (tertiary/aromatic N) is 2.